The van der Waals surface area contributed by atoms with Crippen LogP contribution in [0, 0.1) is 17.1 Å². The number of benzene rings is 1. The highest BCUT2D eigenvalue weighted by Gasteiger charge is 2.36. The molecule has 3 aromatic heterocycles. The van der Waals surface area contributed by atoms with Crippen molar-refractivity contribution in [2.24, 2.45) is 0 Å². The molecule has 0 bridgehead atoms. The Morgan fingerprint density at radius 2 is 2.00 bits per heavy atom. The van der Waals surface area contributed by atoms with Crippen LogP contribution in [0.2, 0.25) is 5.15 Å². The van der Waals surface area contributed by atoms with Crippen LogP contribution in [0.15, 0.2) is 59.5 Å². The summed E-state index contributed by atoms with van der Waals surface area (Å²) < 4.78 is 61.1. The summed E-state index contributed by atoms with van der Waals surface area (Å²) >= 11 is 6.38. The molecular formula is C25H15ClF4N4O2. The van der Waals surface area contributed by atoms with E-state index in [0.717, 1.165) is 22.1 Å². The largest absolute Gasteiger partial charge is 0.472 e. The second kappa shape index (κ2) is 8.84. The van der Waals surface area contributed by atoms with Gasteiger partial charge in [-0.2, -0.15) is 18.4 Å². The predicted molar refractivity (Wildman–Crippen MR) is 123 cm³/mol. The number of furan rings is 1. The Labute approximate surface area is 206 Å². The van der Waals surface area contributed by atoms with Crippen LogP contribution in [-0.4, -0.2) is 33.3 Å². The van der Waals surface area contributed by atoms with Crippen molar-refractivity contribution in [1.82, 2.24) is 14.3 Å². The monoisotopic (exact) mass is 514 g/mol. The number of carbonyl (C=O) groups is 1. The molecule has 0 radical (unpaired) electrons. The first-order valence-corrected chi connectivity index (χ1v) is 11.0. The van der Waals surface area contributed by atoms with Gasteiger partial charge in [0.2, 0.25) is 0 Å². The molecule has 1 aliphatic heterocycles. The number of alkyl halides is 3. The molecule has 1 amide bonds. The molecule has 6 nitrogen and oxygen atoms in total. The molecule has 0 fully saturated rings. The molecule has 0 saturated carbocycles. The average molecular weight is 515 g/mol. The normalized spacial score (nSPS) is 14.1. The number of amides is 1. The Hall–Kier alpha value is -4.10. The van der Waals surface area contributed by atoms with Gasteiger partial charge in [-0.05, 0) is 41.8 Å². The number of nitriles is 1. The number of aromatic nitrogens is 2. The highest BCUT2D eigenvalue weighted by Crippen LogP contribution is 2.37. The van der Waals surface area contributed by atoms with Gasteiger partial charge in [-0.15, -0.1) is 0 Å². The van der Waals surface area contributed by atoms with Crippen LogP contribution in [0.3, 0.4) is 0 Å². The number of hydrogen-bond acceptors (Lipinski definition) is 4. The maximum Gasteiger partial charge on any atom is 0.420 e. The molecule has 0 unspecified atom stereocenters. The third-order valence-corrected chi connectivity index (χ3v) is 6.33. The number of carbonyl (C=O) groups excluding carboxylic acids is 1. The highest BCUT2D eigenvalue weighted by atomic mass is 35.5. The van der Waals surface area contributed by atoms with Gasteiger partial charge in [0.15, 0.2) is 11.3 Å². The molecule has 1 aromatic carbocycles. The zero-order valence-electron chi connectivity index (χ0n) is 18.3. The van der Waals surface area contributed by atoms with Crippen LogP contribution < -0.4 is 0 Å². The zero-order chi connectivity index (χ0) is 25.6. The van der Waals surface area contributed by atoms with Gasteiger partial charge in [0.05, 0.1) is 29.7 Å². The minimum Gasteiger partial charge on any atom is -0.472 e. The second-order valence-corrected chi connectivity index (χ2v) is 8.49. The van der Waals surface area contributed by atoms with E-state index >= 15 is 0 Å². The van der Waals surface area contributed by atoms with E-state index in [1.54, 1.807) is 6.08 Å². The van der Waals surface area contributed by atoms with Crippen molar-refractivity contribution in [3.63, 3.8) is 0 Å². The quantitative estimate of drug-likeness (QED) is 0.305. The van der Waals surface area contributed by atoms with Gasteiger partial charge in [-0.3, -0.25) is 9.20 Å². The van der Waals surface area contributed by atoms with Crippen molar-refractivity contribution < 1.29 is 26.8 Å². The fraction of sp³-hybridized carbons (Fsp3) is 0.160. The SMILES string of the molecule is N#Cc1cc(F)ccc1C1=CCN(C(=O)c2nc3c(C(F)(F)F)cc(-c4ccoc4)cn3c2Cl)CC1. The van der Waals surface area contributed by atoms with Gasteiger partial charge in [0, 0.05) is 30.4 Å². The standard InChI is InChI=1S/C25H15ClF4N4O2/c26-22-21(24(35)33-6-3-14(4-7-33)19-2-1-18(27)9-16(19)11-31)32-23-20(25(28,29)30)10-17(12-34(22)23)15-5-8-36-13-15/h1-3,5,8-10,12-13H,4,6-7H2. The predicted octanol–water partition coefficient (Wildman–Crippen LogP) is 6.21. The summed E-state index contributed by atoms with van der Waals surface area (Å²) in [4.78, 5) is 18.6. The number of nitrogens with zero attached hydrogens (tertiary/aromatic N) is 4. The molecule has 0 N–H and O–H groups in total. The maximum absolute atomic E-state index is 13.9. The molecule has 0 aliphatic carbocycles. The van der Waals surface area contributed by atoms with Gasteiger partial charge in [-0.1, -0.05) is 23.7 Å². The van der Waals surface area contributed by atoms with E-state index in [1.807, 2.05) is 6.07 Å². The van der Waals surface area contributed by atoms with Crippen molar-refractivity contribution in [2.45, 2.75) is 12.6 Å². The topological polar surface area (TPSA) is 74.5 Å². The van der Waals surface area contributed by atoms with Gasteiger partial charge >= 0.3 is 6.18 Å². The molecule has 5 rings (SSSR count). The fourth-order valence-electron chi connectivity index (χ4n) is 4.19. The minimum absolute atomic E-state index is 0.118. The first-order valence-electron chi connectivity index (χ1n) is 10.7. The van der Waals surface area contributed by atoms with E-state index in [-0.39, 0.29) is 35.1 Å². The maximum atomic E-state index is 13.9. The Kier molecular flexibility index (Phi) is 5.80. The lowest BCUT2D eigenvalue weighted by Gasteiger charge is -2.26. The summed E-state index contributed by atoms with van der Waals surface area (Å²) in [5, 5.41) is 9.06. The number of rotatable bonds is 3. The van der Waals surface area contributed by atoms with Crippen molar-refractivity contribution in [2.75, 3.05) is 13.1 Å². The highest BCUT2D eigenvalue weighted by molar-refractivity contribution is 6.33. The van der Waals surface area contributed by atoms with Crippen LogP contribution in [-0.2, 0) is 6.18 Å². The third kappa shape index (κ3) is 4.12. The average Bonchev–Trinajstić information content (AvgIpc) is 3.51. The Balaban J connectivity index is 1.50. The molecule has 182 valence electrons. The number of hydrogen-bond donors (Lipinski definition) is 0. The van der Waals surface area contributed by atoms with Crippen molar-refractivity contribution in [3.05, 3.63) is 88.5 Å². The van der Waals surface area contributed by atoms with Crippen LogP contribution >= 0.6 is 11.6 Å². The van der Waals surface area contributed by atoms with Crippen molar-refractivity contribution >= 4 is 28.7 Å². The van der Waals surface area contributed by atoms with E-state index in [0.29, 0.717) is 17.5 Å². The molecule has 1 aliphatic rings. The molecule has 0 spiro atoms. The van der Waals surface area contributed by atoms with E-state index in [4.69, 9.17) is 16.0 Å². The summed E-state index contributed by atoms with van der Waals surface area (Å²) in [5.74, 6) is -1.16. The lowest BCUT2D eigenvalue weighted by atomic mass is 9.95. The molecule has 0 atom stereocenters. The van der Waals surface area contributed by atoms with Crippen LogP contribution in [0.4, 0.5) is 17.6 Å². The van der Waals surface area contributed by atoms with Crippen molar-refractivity contribution in [3.8, 4) is 17.2 Å². The zero-order valence-corrected chi connectivity index (χ0v) is 19.1. The number of fused-ring (bicyclic) bond motifs is 1. The summed E-state index contributed by atoms with van der Waals surface area (Å²) in [5.41, 5.74) is 0.287. The minimum atomic E-state index is -4.74. The summed E-state index contributed by atoms with van der Waals surface area (Å²) in [6.45, 7) is 0.330. The number of pyridine rings is 1. The summed E-state index contributed by atoms with van der Waals surface area (Å²) in [6.07, 6.45) is 1.34. The summed E-state index contributed by atoms with van der Waals surface area (Å²) in [7, 11) is 0. The molecule has 11 heteroatoms. The summed E-state index contributed by atoms with van der Waals surface area (Å²) in [6, 6.07) is 8.30. The lowest BCUT2D eigenvalue weighted by Crippen LogP contribution is -2.35. The molecule has 0 saturated heterocycles. The molecule has 36 heavy (non-hydrogen) atoms. The first-order chi connectivity index (χ1) is 17.2. The smallest absolute Gasteiger partial charge is 0.420 e. The second-order valence-electron chi connectivity index (χ2n) is 8.13. The van der Waals surface area contributed by atoms with E-state index < -0.39 is 29.1 Å². The van der Waals surface area contributed by atoms with Gasteiger partial charge in [0.25, 0.3) is 5.91 Å². The van der Waals surface area contributed by atoms with Crippen molar-refractivity contribution in [1.29, 1.82) is 5.26 Å². The van der Waals surface area contributed by atoms with Gasteiger partial charge < -0.3 is 9.32 Å². The Morgan fingerprint density at radius 1 is 1.19 bits per heavy atom. The van der Waals surface area contributed by atoms with Gasteiger partial charge in [0.1, 0.15) is 11.0 Å². The van der Waals surface area contributed by atoms with Gasteiger partial charge in [-0.25, -0.2) is 9.37 Å². The van der Waals surface area contributed by atoms with E-state index in [2.05, 4.69) is 4.98 Å². The molecular weight excluding hydrogens is 500 g/mol. The Bertz CT molecular complexity index is 1570. The number of imidazole rings is 1. The number of halogens is 5. The third-order valence-electron chi connectivity index (χ3n) is 5.97. The van der Waals surface area contributed by atoms with Crippen LogP contribution in [0.5, 0.6) is 0 Å². The Morgan fingerprint density at radius 3 is 2.64 bits per heavy atom. The lowest BCUT2D eigenvalue weighted by molar-refractivity contribution is -0.136. The molecule has 4 heterocycles. The van der Waals surface area contributed by atoms with Crippen LogP contribution in [0.25, 0.3) is 22.3 Å². The fourth-order valence-corrected chi connectivity index (χ4v) is 4.44. The first kappa shape index (κ1) is 23.6. The van der Waals surface area contributed by atoms with E-state index in [9.17, 15) is 27.6 Å². The van der Waals surface area contributed by atoms with Crippen LogP contribution in [0.1, 0.15) is 33.6 Å². The van der Waals surface area contributed by atoms with E-state index in [1.165, 1.54) is 41.8 Å². The molecule has 4 aromatic rings.